The molecule has 0 radical (unpaired) electrons. The highest BCUT2D eigenvalue weighted by atomic mass is 16.5. The maximum atomic E-state index is 12.1. The number of amides is 1. The lowest BCUT2D eigenvalue weighted by Crippen LogP contribution is -2.32. The standard InChI is InChI=1S/C21H23N7O2/c1-12-14(4-6-22-13-2-3-13)19(16-5-9-30-28-16)17(26-12)10-18-20(24-8-7-23-18)15-11-25-27-21(15)29/h5,7-11,13,15,22-23,26H,2-4,6H2,1H3,(H,27,29). The molecule has 0 aromatic carbocycles. The monoisotopic (exact) mass is 405 g/mol. The molecule has 1 amide bonds. The number of hydrogen-bond acceptors (Lipinski definition) is 7. The summed E-state index contributed by atoms with van der Waals surface area (Å²) in [4.78, 5) is 20.0. The van der Waals surface area contributed by atoms with Crippen molar-refractivity contribution in [1.29, 1.82) is 0 Å². The Kier molecular flexibility index (Phi) is 4.80. The van der Waals surface area contributed by atoms with E-state index in [1.54, 1.807) is 24.9 Å². The minimum Gasteiger partial charge on any atom is -0.364 e. The molecule has 9 nitrogen and oxygen atoms in total. The van der Waals surface area contributed by atoms with Crippen LogP contribution in [0, 0.1) is 12.8 Å². The van der Waals surface area contributed by atoms with Gasteiger partial charge in [0.25, 0.3) is 5.91 Å². The van der Waals surface area contributed by atoms with E-state index < -0.39 is 5.92 Å². The molecule has 2 aromatic rings. The maximum absolute atomic E-state index is 12.1. The van der Waals surface area contributed by atoms with Crippen LogP contribution in [0.15, 0.2) is 45.0 Å². The molecule has 2 aliphatic heterocycles. The molecule has 4 N–H and O–H groups in total. The van der Waals surface area contributed by atoms with E-state index >= 15 is 0 Å². The molecule has 1 aliphatic carbocycles. The Morgan fingerprint density at radius 1 is 1.37 bits per heavy atom. The molecular formula is C21H23N7O2. The zero-order chi connectivity index (χ0) is 20.5. The van der Waals surface area contributed by atoms with Gasteiger partial charge in [-0.3, -0.25) is 9.79 Å². The van der Waals surface area contributed by atoms with Gasteiger partial charge in [0.1, 0.15) is 17.9 Å². The van der Waals surface area contributed by atoms with E-state index in [-0.39, 0.29) is 5.91 Å². The average Bonchev–Trinajstić information content (AvgIpc) is 3.10. The molecular weight excluding hydrogens is 382 g/mol. The predicted molar refractivity (Wildman–Crippen MR) is 114 cm³/mol. The second-order valence-electron chi connectivity index (χ2n) is 7.64. The number of nitrogens with zero attached hydrogens (tertiary/aromatic N) is 3. The molecule has 0 saturated heterocycles. The van der Waals surface area contributed by atoms with E-state index in [1.165, 1.54) is 18.4 Å². The van der Waals surface area contributed by atoms with Gasteiger partial charge in [-0.15, -0.1) is 0 Å². The van der Waals surface area contributed by atoms with E-state index in [2.05, 4.69) is 43.2 Å². The number of rotatable bonds is 7. The molecule has 1 unspecified atom stereocenters. The topological polar surface area (TPSA) is 120 Å². The number of aromatic nitrogens is 2. The lowest BCUT2D eigenvalue weighted by atomic mass is 9.98. The number of nitrogens with one attached hydrogen (secondary N) is 4. The fourth-order valence-corrected chi connectivity index (χ4v) is 3.84. The lowest BCUT2D eigenvalue weighted by Gasteiger charge is -2.16. The third-order valence-electron chi connectivity index (χ3n) is 5.49. The second kappa shape index (κ2) is 7.75. The zero-order valence-electron chi connectivity index (χ0n) is 16.6. The molecule has 2 aromatic heterocycles. The highest BCUT2D eigenvalue weighted by Gasteiger charge is 2.30. The van der Waals surface area contributed by atoms with Crippen molar-refractivity contribution in [3.05, 3.63) is 47.4 Å². The van der Waals surface area contributed by atoms with Gasteiger partial charge in [-0.05, 0) is 44.4 Å². The molecule has 4 heterocycles. The fourth-order valence-electron chi connectivity index (χ4n) is 3.84. The maximum Gasteiger partial charge on any atom is 0.254 e. The molecule has 0 spiro atoms. The van der Waals surface area contributed by atoms with E-state index in [4.69, 9.17) is 4.52 Å². The summed E-state index contributed by atoms with van der Waals surface area (Å²) in [6.07, 6.45) is 11.9. The van der Waals surface area contributed by atoms with Gasteiger partial charge in [-0.2, -0.15) is 5.10 Å². The number of aliphatic imine (C=N–C) groups is 1. The van der Waals surface area contributed by atoms with Crippen LogP contribution >= 0.6 is 0 Å². The van der Waals surface area contributed by atoms with Crippen LogP contribution < -0.4 is 16.1 Å². The fraction of sp³-hybridized carbons (Fsp3) is 0.333. The van der Waals surface area contributed by atoms with Gasteiger partial charge in [0.05, 0.1) is 17.1 Å². The van der Waals surface area contributed by atoms with E-state index in [1.807, 2.05) is 12.1 Å². The third kappa shape index (κ3) is 3.59. The first kappa shape index (κ1) is 18.6. The van der Waals surface area contributed by atoms with Gasteiger partial charge in [-0.25, -0.2) is 5.43 Å². The van der Waals surface area contributed by atoms with Crippen LogP contribution in [0.2, 0.25) is 0 Å². The van der Waals surface area contributed by atoms with Crippen molar-refractivity contribution in [1.82, 2.24) is 26.2 Å². The first-order chi connectivity index (χ1) is 14.7. The number of carbonyl (C=O) groups is 1. The predicted octanol–water partition coefficient (Wildman–Crippen LogP) is 1.86. The van der Waals surface area contributed by atoms with Crippen LogP contribution in [0.1, 0.15) is 29.8 Å². The summed E-state index contributed by atoms with van der Waals surface area (Å²) in [5, 5.41) is 14.8. The summed E-state index contributed by atoms with van der Waals surface area (Å²) in [6.45, 7) is 2.98. The van der Waals surface area contributed by atoms with Gasteiger partial charge in [-0.1, -0.05) is 5.16 Å². The number of H-pyrrole nitrogens is 1. The Bertz CT molecular complexity index is 1070. The minimum atomic E-state index is -0.525. The Labute approximate surface area is 173 Å². The van der Waals surface area contributed by atoms with Gasteiger partial charge in [0.2, 0.25) is 0 Å². The lowest BCUT2D eigenvalue weighted by molar-refractivity contribution is -0.120. The largest absolute Gasteiger partial charge is 0.364 e. The van der Waals surface area contributed by atoms with Crippen molar-refractivity contribution in [2.45, 2.75) is 32.2 Å². The van der Waals surface area contributed by atoms with Crippen LogP contribution in [0.5, 0.6) is 0 Å². The Morgan fingerprint density at radius 2 is 2.27 bits per heavy atom. The van der Waals surface area contributed by atoms with Crippen LogP contribution in [0.25, 0.3) is 17.3 Å². The van der Waals surface area contributed by atoms with E-state index in [0.717, 1.165) is 41.3 Å². The van der Waals surface area contributed by atoms with Gasteiger partial charge in [0, 0.05) is 42.0 Å². The first-order valence-electron chi connectivity index (χ1n) is 10.1. The summed E-state index contributed by atoms with van der Waals surface area (Å²) in [6, 6.07) is 2.53. The van der Waals surface area contributed by atoms with Crippen molar-refractivity contribution in [2.75, 3.05) is 6.54 Å². The minimum absolute atomic E-state index is 0.192. The molecule has 30 heavy (non-hydrogen) atoms. The van der Waals surface area contributed by atoms with Gasteiger partial charge in [0.15, 0.2) is 0 Å². The first-order valence-corrected chi connectivity index (χ1v) is 10.1. The molecule has 1 atom stereocenters. The highest BCUT2D eigenvalue weighted by Crippen LogP contribution is 2.32. The molecule has 1 saturated carbocycles. The zero-order valence-corrected chi connectivity index (χ0v) is 16.6. The van der Waals surface area contributed by atoms with Crippen molar-refractivity contribution < 1.29 is 9.32 Å². The third-order valence-corrected chi connectivity index (χ3v) is 5.49. The smallest absolute Gasteiger partial charge is 0.254 e. The second-order valence-corrected chi connectivity index (χ2v) is 7.64. The number of carbonyl (C=O) groups excluding carboxylic acids is 1. The van der Waals surface area contributed by atoms with Crippen LogP contribution in [-0.4, -0.2) is 40.6 Å². The van der Waals surface area contributed by atoms with Crippen LogP contribution in [-0.2, 0) is 11.2 Å². The molecule has 1 fully saturated rings. The molecule has 5 rings (SSSR count). The molecule has 9 heteroatoms. The number of aromatic amines is 1. The molecule has 3 aliphatic rings. The number of aryl methyl sites for hydroxylation is 1. The summed E-state index contributed by atoms with van der Waals surface area (Å²) >= 11 is 0. The average molecular weight is 405 g/mol. The van der Waals surface area contributed by atoms with Gasteiger partial charge >= 0.3 is 0 Å². The van der Waals surface area contributed by atoms with E-state index in [9.17, 15) is 4.79 Å². The quantitative estimate of drug-likeness (QED) is 0.561. The Morgan fingerprint density at radius 3 is 3.00 bits per heavy atom. The SMILES string of the molecule is Cc1[nH]c(C=C2NC=CN=C2C2C=NNC2=O)c(-c2ccon2)c1CCNC1CC1. The van der Waals surface area contributed by atoms with Crippen molar-refractivity contribution in [3.63, 3.8) is 0 Å². The van der Waals surface area contributed by atoms with Crippen LogP contribution in [0.4, 0.5) is 0 Å². The Balaban J connectivity index is 1.51. The Hall–Kier alpha value is -3.46. The van der Waals surface area contributed by atoms with Crippen LogP contribution in [0.3, 0.4) is 0 Å². The van der Waals surface area contributed by atoms with Crippen molar-refractivity contribution in [2.24, 2.45) is 16.0 Å². The number of allylic oxidation sites excluding steroid dienone is 1. The normalized spacial score (nSPS) is 21.8. The summed E-state index contributed by atoms with van der Waals surface area (Å²) < 4.78 is 5.13. The molecule has 0 bridgehead atoms. The molecule has 154 valence electrons. The summed E-state index contributed by atoms with van der Waals surface area (Å²) in [5.74, 6) is -0.717. The van der Waals surface area contributed by atoms with Crippen molar-refractivity contribution in [3.8, 4) is 11.3 Å². The highest BCUT2D eigenvalue weighted by molar-refractivity contribution is 6.24. The van der Waals surface area contributed by atoms with Gasteiger partial charge < -0.3 is 20.1 Å². The number of hydrazone groups is 1. The summed E-state index contributed by atoms with van der Waals surface area (Å²) in [7, 11) is 0. The number of hydrogen-bond donors (Lipinski definition) is 4. The van der Waals surface area contributed by atoms with E-state index in [0.29, 0.717) is 11.8 Å². The summed E-state index contributed by atoms with van der Waals surface area (Å²) in [5.41, 5.74) is 8.78. The van der Waals surface area contributed by atoms with Crippen molar-refractivity contribution >= 4 is 23.9 Å².